The maximum Gasteiger partial charge on any atom is 0.239 e. The summed E-state index contributed by atoms with van der Waals surface area (Å²) in [6.45, 7) is 5.03. The Morgan fingerprint density at radius 1 is 1.09 bits per heavy atom. The van der Waals surface area contributed by atoms with E-state index < -0.39 is 0 Å². The molecular formula is C23H26FN5O3S. The smallest absolute Gasteiger partial charge is 0.239 e. The number of halogens is 1. The van der Waals surface area contributed by atoms with Crippen molar-refractivity contribution in [1.29, 1.82) is 0 Å². The summed E-state index contributed by atoms with van der Waals surface area (Å²) in [5, 5.41) is 11.5. The van der Waals surface area contributed by atoms with Gasteiger partial charge in [0.1, 0.15) is 11.6 Å². The first-order valence-electron chi connectivity index (χ1n) is 10.7. The number of aromatic nitrogens is 1. The van der Waals surface area contributed by atoms with Gasteiger partial charge in [-0.3, -0.25) is 19.4 Å². The first-order valence-corrected chi connectivity index (χ1v) is 11.6. The molecule has 4 rings (SSSR count). The predicted octanol–water partition coefficient (Wildman–Crippen LogP) is 2.65. The minimum Gasteiger partial charge on any atom is -0.360 e. The zero-order valence-electron chi connectivity index (χ0n) is 18.3. The zero-order valence-corrected chi connectivity index (χ0v) is 19.1. The molecule has 8 nitrogen and oxygen atoms in total. The molecule has 3 heterocycles. The van der Waals surface area contributed by atoms with E-state index in [-0.39, 0.29) is 36.8 Å². The lowest BCUT2D eigenvalue weighted by molar-refractivity contribution is -0.124. The lowest BCUT2D eigenvalue weighted by atomic mass is 10.1. The molecule has 1 unspecified atom stereocenters. The number of piperazine rings is 1. The molecule has 0 saturated carbocycles. The van der Waals surface area contributed by atoms with Gasteiger partial charge in [-0.25, -0.2) is 4.39 Å². The molecule has 0 bridgehead atoms. The SMILES string of the molecule is Cc1cc(NC(=O)CN2CCN(CC(=O)NC(c3ccc(F)cc3)c3cccs3)CC2)no1. The molecule has 1 aliphatic heterocycles. The van der Waals surface area contributed by atoms with Crippen molar-refractivity contribution in [3.63, 3.8) is 0 Å². The van der Waals surface area contributed by atoms with Gasteiger partial charge in [-0.05, 0) is 36.1 Å². The van der Waals surface area contributed by atoms with E-state index in [1.165, 1.54) is 12.1 Å². The maximum atomic E-state index is 13.4. The molecule has 1 aliphatic rings. The summed E-state index contributed by atoms with van der Waals surface area (Å²) >= 11 is 1.55. The summed E-state index contributed by atoms with van der Waals surface area (Å²) in [6, 6.07) is 11.5. The van der Waals surface area contributed by atoms with Crippen LogP contribution < -0.4 is 10.6 Å². The minimum absolute atomic E-state index is 0.0923. The highest BCUT2D eigenvalue weighted by atomic mass is 32.1. The number of thiophene rings is 1. The van der Waals surface area contributed by atoms with Crippen LogP contribution >= 0.6 is 11.3 Å². The fourth-order valence-corrected chi connectivity index (χ4v) is 4.56. The summed E-state index contributed by atoms with van der Waals surface area (Å²) in [5.74, 6) is 0.503. The van der Waals surface area contributed by atoms with Gasteiger partial charge in [0.15, 0.2) is 5.82 Å². The van der Waals surface area contributed by atoms with Gasteiger partial charge in [-0.1, -0.05) is 23.4 Å². The third kappa shape index (κ3) is 6.47. The molecule has 3 aromatic rings. The van der Waals surface area contributed by atoms with Crippen molar-refractivity contribution in [2.24, 2.45) is 0 Å². The normalized spacial score (nSPS) is 15.8. The third-order valence-corrected chi connectivity index (χ3v) is 6.37. The number of nitrogens with one attached hydrogen (secondary N) is 2. The average Bonchev–Trinajstić information content (AvgIpc) is 3.46. The fourth-order valence-electron chi connectivity index (χ4n) is 3.76. The van der Waals surface area contributed by atoms with Crippen LogP contribution in [0.25, 0.3) is 0 Å². The van der Waals surface area contributed by atoms with Gasteiger partial charge < -0.3 is 15.2 Å². The molecule has 2 N–H and O–H groups in total. The summed E-state index contributed by atoms with van der Waals surface area (Å²) < 4.78 is 18.3. The Bertz CT molecular complexity index is 1060. The molecule has 0 aliphatic carbocycles. The van der Waals surface area contributed by atoms with Crippen molar-refractivity contribution >= 4 is 29.0 Å². The van der Waals surface area contributed by atoms with Gasteiger partial charge in [0.2, 0.25) is 11.8 Å². The molecule has 1 aromatic carbocycles. The number of carbonyl (C=O) groups excluding carboxylic acids is 2. The molecule has 33 heavy (non-hydrogen) atoms. The molecular weight excluding hydrogens is 445 g/mol. The van der Waals surface area contributed by atoms with Crippen molar-refractivity contribution in [3.8, 4) is 0 Å². The van der Waals surface area contributed by atoms with Crippen molar-refractivity contribution in [2.75, 3.05) is 44.6 Å². The molecule has 2 aromatic heterocycles. The number of carbonyl (C=O) groups is 2. The average molecular weight is 472 g/mol. The van der Waals surface area contributed by atoms with Gasteiger partial charge in [0, 0.05) is 37.1 Å². The highest BCUT2D eigenvalue weighted by Crippen LogP contribution is 2.26. The molecule has 1 saturated heterocycles. The third-order valence-electron chi connectivity index (χ3n) is 5.43. The van der Waals surface area contributed by atoms with Crippen molar-refractivity contribution in [1.82, 2.24) is 20.3 Å². The van der Waals surface area contributed by atoms with E-state index in [0.29, 0.717) is 37.8 Å². The molecule has 2 amide bonds. The standard InChI is InChI=1S/C23H26FN5O3S/c1-16-13-20(27-32-16)25-21(30)14-28-8-10-29(11-9-28)15-22(31)26-23(19-3-2-12-33-19)17-4-6-18(24)7-5-17/h2-7,12-13,23H,8-11,14-15H2,1H3,(H,26,31)(H,25,27,30). The number of rotatable bonds is 8. The van der Waals surface area contributed by atoms with E-state index in [4.69, 9.17) is 4.52 Å². The van der Waals surface area contributed by atoms with Crippen molar-refractivity contribution < 1.29 is 18.5 Å². The zero-order chi connectivity index (χ0) is 23.2. The summed E-state index contributed by atoms with van der Waals surface area (Å²) in [6.07, 6.45) is 0. The van der Waals surface area contributed by atoms with Crippen LogP contribution in [0.5, 0.6) is 0 Å². The number of aryl methyl sites for hydroxylation is 1. The van der Waals surface area contributed by atoms with E-state index in [9.17, 15) is 14.0 Å². The van der Waals surface area contributed by atoms with Gasteiger partial charge in [-0.15, -0.1) is 11.3 Å². The first-order chi connectivity index (χ1) is 16.0. The predicted molar refractivity (Wildman–Crippen MR) is 123 cm³/mol. The second-order valence-electron chi connectivity index (χ2n) is 7.99. The fraction of sp³-hybridized carbons (Fsp3) is 0.348. The quantitative estimate of drug-likeness (QED) is 0.525. The van der Waals surface area contributed by atoms with E-state index in [1.807, 2.05) is 22.4 Å². The largest absolute Gasteiger partial charge is 0.360 e. The Morgan fingerprint density at radius 2 is 1.76 bits per heavy atom. The van der Waals surface area contributed by atoms with Crippen LogP contribution in [0.15, 0.2) is 52.4 Å². The lowest BCUT2D eigenvalue weighted by Crippen LogP contribution is -2.51. The van der Waals surface area contributed by atoms with E-state index >= 15 is 0 Å². The monoisotopic (exact) mass is 471 g/mol. The van der Waals surface area contributed by atoms with Crippen LogP contribution in [0, 0.1) is 12.7 Å². The highest BCUT2D eigenvalue weighted by molar-refractivity contribution is 7.10. The van der Waals surface area contributed by atoms with Gasteiger partial charge in [0.25, 0.3) is 0 Å². The summed E-state index contributed by atoms with van der Waals surface area (Å²) in [5.41, 5.74) is 0.838. The Hall–Kier alpha value is -3.08. The minimum atomic E-state index is -0.316. The molecule has 174 valence electrons. The molecule has 10 heteroatoms. The van der Waals surface area contributed by atoms with Crippen LogP contribution in [0.1, 0.15) is 22.2 Å². The first kappa shape index (κ1) is 23.1. The topological polar surface area (TPSA) is 90.7 Å². The lowest BCUT2D eigenvalue weighted by Gasteiger charge is -2.34. The number of hydrogen-bond acceptors (Lipinski definition) is 7. The van der Waals surface area contributed by atoms with E-state index in [0.717, 1.165) is 10.4 Å². The molecule has 1 atom stereocenters. The van der Waals surface area contributed by atoms with E-state index in [1.54, 1.807) is 36.5 Å². The van der Waals surface area contributed by atoms with E-state index in [2.05, 4.69) is 20.7 Å². The number of amides is 2. The Morgan fingerprint density at radius 3 is 2.33 bits per heavy atom. The van der Waals surface area contributed by atoms with Crippen LogP contribution in [0.3, 0.4) is 0 Å². The van der Waals surface area contributed by atoms with Gasteiger partial charge in [0.05, 0.1) is 19.1 Å². The number of hydrogen-bond donors (Lipinski definition) is 2. The second kappa shape index (κ2) is 10.7. The Kier molecular flexibility index (Phi) is 7.48. The number of anilines is 1. The molecule has 0 radical (unpaired) electrons. The Balaban J connectivity index is 1.26. The number of nitrogens with zero attached hydrogens (tertiary/aromatic N) is 3. The number of benzene rings is 1. The van der Waals surface area contributed by atoms with Gasteiger partial charge >= 0.3 is 0 Å². The van der Waals surface area contributed by atoms with Crippen LogP contribution in [0.2, 0.25) is 0 Å². The van der Waals surface area contributed by atoms with Crippen molar-refractivity contribution in [2.45, 2.75) is 13.0 Å². The highest BCUT2D eigenvalue weighted by Gasteiger charge is 2.23. The van der Waals surface area contributed by atoms with Gasteiger partial charge in [-0.2, -0.15) is 0 Å². The second-order valence-corrected chi connectivity index (χ2v) is 8.97. The summed E-state index contributed by atoms with van der Waals surface area (Å²) in [4.78, 5) is 30.1. The van der Waals surface area contributed by atoms with Crippen LogP contribution in [-0.2, 0) is 9.59 Å². The Labute approximate surface area is 195 Å². The summed E-state index contributed by atoms with van der Waals surface area (Å²) in [7, 11) is 0. The van der Waals surface area contributed by atoms with Crippen LogP contribution in [0.4, 0.5) is 10.2 Å². The molecule has 0 spiro atoms. The van der Waals surface area contributed by atoms with Crippen molar-refractivity contribution in [3.05, 3.63) is 69.9 Å². The maximum absolute atomic E-state index is 13.4. The van der Waals surface area contributed by atoms with Crippen LogP contribution in [-0.4, -0.2) is 66.0 Å². The molecule has 1 fully saturated rings.